The number of carboxylic acids is 1. The minimum Gasteiger partial charge on any atom is -0.481 e. The Kier molecular flexibility index (Phi) is 4.63. The number of nitrogens with one attached hydrogen (secondary N) is 1. The molecule has 0 saturated carbocycles. The molecule has 4 N–H and O–H groups in total. The lowest BCUT2D eigenvalue weighted by Crippen LogP contribution is -2.45. The van der Waals surface area contributed by atoms with E-state index in [9.17, 15) is 14.4 Å². The van der Waals surface area contributed by atoms with Gasteiger partial charge in [0, 0.05) is 5.56 Å². The number of hydrogen-bond acceptors (Lipinski definition) is 3. The van der Waals surface area contributed by atoms with Crippen LogP contribution in [-0.2, 0) is 9.59 Å². The molecule has 0 aromatic heterocycles. The van der Waals surface area contributed by atoms with Crippen molar-refractivity contribution in [1.29, 1.82) is 0 Å². The number of aliphatic carboxylic acids is 1. The Morgan fingerprint density at radius 1 is 1.21 bits per heavy atom. The maximum atomic E-state index is 11.9. The van der Waals surface area contributed by atoms with Crippen LogP contribution < -0.4 is 11.1 Å². The molecule has 0 spiro atoms. The number of amides is 2. The molecular formula is C13H16N2O4. The van der Waals surface area contributed by atoms with Crippen molar-refractivity contribution in [3.8, 4) is 0 Å². The Labute approximate surface area is 110 Å². The fraction of sp³-hybridized carbons (Fsp3) is 0.308. The van der Waals surface area contributed by atoms with Crippen molar-refractivity contribution in [2.45, 2.75) is 26.3 Å². The highest BCUT2D eigenvalue weighted by molar-refractivity contribution is 5.98. The van der Waals surface area contributed by atoms with E-state index in [-0.39, 0.29) is 0 Å². The van der Waals surface area contributed by atoms with Crippen molar-refractivity contribution < 1.29 is 19.5 Å². The minimum absolute atomic E-state index is 0.370. The van der Waals surface area contributed by atoms with Gasteiger partial charge >= 0.3 is 5.97 Å². The van der Waals surface area contributed by atoms with Gasteiger partial charge in [-0.1, -0.05) is 17.2 Å². The number of benzene rings is 1. The van der Waals surface area contributed by atoms with Gasteiger partial charge in [-0.05, 0) is 26.0 Å². The van der Waals surface area contributed by atoms with Gasteiger partial charge < -0.3 is 16.2 Å². The fourth-order valence-corrected chi connectivity index (χ4v) is 1.74. The van der Waals surface area contributed by atoms with Crippen molar-refractivity contribution in [2.24, 2.45) is 5.73 Å². The van der Waals surface area contributed by atoms with E-state index >= 15 is 0 Å². The zero-order chi connectivity index (χ0) is 14.6. The van der Waals surface area contributed by atoms with Crippen LogP contribution in [0.3, 0.4) is 0 Å². The average Bonchev–Trinajstić information content (AvgIpc) is 2.25. The van der Waals surface area contributed by atoms with E-state index in [0.717, 1.165) is 11.1 Å². The number of nitrogens with two attached hydrogens (primary N) is 1. The minimum atomic E-state index is -1.22. The van der Waals surface area contributed by atoms with Crippen molar-refractivity contribution in [1.82, 2.24) is 5.32 Å². The molecule has 1 aromatic rings. The molecule has 0 aliphatic carbocycles. The van der Waals surface area contributed by atoms with E-state index < -0.39 is 30.2 Å². The SMILES string of the molecule is Cc1cc(C)cc(C(=O)N[C@H](CC(=O)O)C(N)=O)c1. The highest BCUT2D eigenvalue weighted by Gasteiger charge is 2.22. The summed E-state index contributed by atoms with van der Waals surface area (Å²) in [4.78, 5) is 33.6. The van der Waals surface area contributed by atoms with Crippen LogP contribution >= 0.6 is 0 Å². The number of aryl methyl sites for hydroxylation is 2. The maximum absolute atomic E-state index is 11.9. The van der Waals surface area contributed by atoms with Gasteiger partial charge in [0.1, 0.15) is 6.04 Å². The van der Waals surface area contributed by atoms with Crippen LogP contribution in [-0.4, -0.2) is 28.9 Å². The van der Waals surface area contributed by atoms with Crippen molar-refractivity contribution in [3.05, 3.63) is 34.9 Å². The zero-order valence-corrected chi connectivity index (χ0v) is 10.8. The Hall–Kier alpha value is -2.37. The average molecular weight is 264 g/mol. The van der Waals surface area contributed by atoms with E-state index in [0.29, 0.717) is 5.56 Å². The van der Waals surface area contributed by atoms with Gasteiger partial charge in [-0.25, -0.2) is 0 Å². The van der Waals surface area contributed by atoms with E-state index in [1.54, 1.807) is 12.1 Å². The van der Waals surface area contributed by atoms with Gasteiger partial charge in [0.2, 0.25) is 5.91 Å². The second kappa shape index (κ2) is 5.99. The molecule has 2 amide bonds. The number of hydrogen-bond donors (Lipinski definition) is 3. The van der Waals surface area contributed by atoms with E-state index in [1.807, 2.05) is 19.9 Å². The summed E-state index contributed by atoms with van der Waals surface area (Å²) in [6.45, 7) is 3.68. The van der Waals surface area contributed by atoms with Crippen LogP contribution in [0.15, 0.2) is 18.2 Å². The molecule has 0 bridgehead atoms. The highest BCUT2D eigenvalue weighted by Crippen LogP contribution is 2.09. The van der Waals surface area contributed by atoms with Crippen LogP contribution in [0, 0.1) is 13.8 Å². The van der Waals surface area contributed by atoms with Crippen LogP contribution in [0.1, 0.15) is 27.9 Å². The number of carboxylic acid groups (broad SMARTS) is 1. The smallest absolute Gasteiger partial charge is 0.305 e. The largest absolute Gasteiger partial charge is 0.481 e. The summed E-state index contributed by atoms with van der Waals surface area (Å²) < 4.78 is 0. The predicted molar refractivity (Wildman–Crippen MR) is 68.6 cm³/mol. The Morgan fingerprint density at radius 2 is 1.74 bits per heavy atom. The third kappa shape index (κ3) is 4.42. The van der Waals surface area contributed by atoms with Gasteiger partial charge in [0.05, 0.1) is 6.42 Å². The van der Waals surface area contributed by atoms with Crippen LogP contribution in [0.5, 0.6) is 0 Å². The summed E-state index contributed by atoms with van der Waals surface area (Å²) in [5, 5.41) is 11.0. The number of carbonyl (C=O) groups is 3. The topological polar surface area (TPSA) is 109 Å². The maximum Gasteiger partial charge on any atom is 0.305 e. The van der Waals surface area contributed by atoms with Crippen LogP contribution in [0.4, 0.5) is 0 Å². The normalized spacial score (nSPS) is 11.7. The Morgan fingerprint density at radius 3 is 2.16 bits per heavy atom. The van der Waals surface area contributed by atoms with E-state index in [2.05, 4.69) is 5.32 Å². The molecule has 0 unspecified atom stereocenters. The molecule has 0 fully saturated rings. The van der Waals surface area contributed by atoms with Crippen molar-refractivity contribution >= 4 is 17.8 Å². The molecule has 1 aromatic carbocycles. The van der Waals surface area contributed by atoms with Crippen molar-refractivity contribution in [2.75, 3.05) is 0 Å². The first-order valence-corrected chi connectivity index (χ1v) is 5.70. The molecular weight excluding hydrogens is 248 g/mol. The molecule has 19 heavy (non-hydrogen) atoms. The fourth-order valence-electron chi connectivity index (χ4n) is 1.74. The molecule has 0 aliphatic rings. The second-order valence-corrected chi connectivity index (χ2v) is 4.40. The Balaban J connectivity index is 2.87. The van der Waals surface area contributed by atoms with Crippen LogP contribution in [0.25, 0.3) is 0 Å². The van der Waals surface area contributed by atoms with E-state index in [4.69, 9.17) is 10.8 Å². The molecule has 6 heteroatoms. The molecule has 0 radical (unpaired) electrons. The Bertz CT molecular complexity index is 505. The first-order chi connectivity index (χ1) is 8.79. The first-order valence-electron chi connectivity index (χ1n) is 5.70. The second-order valence-electron chi connectivity index (χ2n) is 4.40. The first kappa shape index (κ1) is 14.7. The lowest BCUT2D eigenvalue weighted by atomic mass is 10.1. The van der Waals surface area contributed by atoms with Gasteiger partial charge in [0.15, 0.2) is 0 Å². The summed E-state index contributed by atoms with van der Waals surface area (Å²) in [5.41, 5.74) is 7.23. The van der Waals surface area contributed by atoms with E-state index in [1.165, 1.54) is 0 Å². The van der Waals surface area contributed by atoms with Crippen molar-refractivity contribution in [3.63, 3.8) is 0 Å². The lowest BCUT2D eigenvalue weighted by Gasteiger charge is -2.14. The van der Waals surface area contributed by atoms with Gasteiger partial charge in [-0.2, -0.15) is 0 Å². The standard InChI is InChI=1S/C13H16N2O4/c1-7-3-8(2)5-9(4-7)13(19)15-10(12(14)18)6-11(16)17/h3-5,10H,6H2,1-2H3,(H2,14,18)(H,15,19)(H,16,17)/t10-/m1/s1. The molecule has 0 saturated heterocycles. The molecule has 1 rings (SSSR count). The third-order valence-corrected chi connectivity index (χ3v) is 2.51. The monoisotopic (exact) mass is 264 g/mol. The number of rotatable bonds is 5. The molecule has 102 valence electrons. The molecule has 6 nitrogen and oxygen atoms in total. The summed E-state index contributed by atoms with van der Waals surface area (Å²) in [6.07, 6.45) is -0.536. The third-order valence-electron chi connectivity index (χ3n) is 2.51. The van der Waals surface area contributed by atoms with Gasteiger partial charge in [-0.3, -0.25) is 14.4 Å². The summed E-state index contributed by atoms with van der Waals surface area (Å²) >= 11 is 0. The van der Waals surface area contributed by atoms with Gasteiger partial charge in [-0.15, -0.1) is 0 Å². The zero-order valence-electron chi connectivity index (χ0n) is 10.8. The number of primary amides is 1. The molecule has 0 heterocycles. The molecule has 1 atom stereocenters. The summed E-state index contributed by atoms with van der Waals surface area (Å²) in [6, 6.07) is 3.99. The summed E-state index contributed by atoms with van der Waals surface area (Å²) in [7, 11) is 0. The quantitative estimate of drug-likeness (QED) is 0.713. The number of carbonyl (C=O) groups excluding carboxylic acids is 2. The predicted octanol–water partition coefficient (Wildman–Crippen LogP) is 0.362. The summed E-state index contributed by atoms with van der Waals surface area (Å²) in [5.74, 6) is -2.60. The lowest BCUT2D eigenvalue weighted by molar-refractivity contribution is -0.139. The van der Waals surface area contributed by atoms with Crippen LogP contribution in [0.2, 0.25) is 0 Å². The molecule has 0 aliphatic heterocycles. The van der Waals surface area contributed by atoms with Gasteiger partial charge in [0.25, 0.3) is 5.91 Å². The highest BCUT2D eigenvalue weighted by atomic mass is 16.4.